The first-order valence-corrected chi connectivity index (χ1v) is 7.38. The van der Waals surface area contributed by atoms with Crippen molar-refractivity contribution >= 4 is 0 Å². The molecule has 0 radical (unpaired) electrons. The van der Waals surface area contributed by atoms with E-state index in [1.165, 1.54) is 25.0 Å². The van der Waals surface area contributed by atoms with Gasteiger partial charge < -0.3 is 20.1 Å². The lowest BCUT2D eigenvalue weighted by Gasteiger charge is -2.19. The van der Waals surface area contributed by atoms with E-state index in [1.807, 2.05) is 0 Å². The molecule has 1 heterocycles. The van der Waals surface area contributed by atoms with Crippen molar-refractivity contribution in [1.82, 2.24) is 10.2 Å². The number of alkyl halides is 3. The van der Waals surface area contributed by atoms with Crippen LogP contribution in [0, 0.1) is 0 Å². The van der Waals surface area contributed by atoms with E-state index < -0.39 is 12.5 Å². The van der Waals surface area contributed by atoms with Crippen LogP contribution in [0.3, 0.4) is 0 Å². The first-order valence-electron chi connectivity index (χ1n) is 7.38. The van der Waals surface area contributed by atoms with Crippen LogP contribution in [-0.4, -0.2) is 48.7 Å². The molecule has 0 spiro atoms. The molecule has 1 aromatic rings. The van der Waals surface area contributed by atoms with Gasteiger partial charge in [0.15, 0.2) is 0 Å². The fourth-order valence-corrected chi connectivity index (χ4v) is 2.52. The van der Waals surface area contributed by atoms with E-state index >= 15 is 0 Å². The second-order valence-corrected chi connectivity index (χ2v) is 5.48. The van der Waals surface area contributed by atoms with Crippen LogP contribution >= 0.6 is 0 Å². The molecule has 7 heteroatoms. The first kappa shape index (κ1) is 17.1. The molecule has 1 aromatic carbocycles. The lowest BCUT2D eigenvalue weighted by atomic mass is 10.2. The lowest BCUT2D eigenvalue weighted by molar-refractivity contribution is -0.274. The summed E-state index contributed by atoms with van der Waals surface area (Å²) in [4.78, 5) is 2.23. The summed E-state index contributed by atoms with van der Waals surface area (Å²) in [7, 11) is 0. The molecule has 0 amide bonds. The Morgan fingerprint density at radius 1 is 1.18 bits per heavy atom. The van der Waals surface area contributed by atoms with Gasteiger partial charge in [-0.15, -0.1) is 13.2 Å². The predicted octanol–water partition coefficient (Wildman–Crippen LogP) is 2.13. The number of nitrogens with zero attached hydrogens (tertiary/aromatic N) is 1. The zero-order chi connectivity index (χ0) is 16.0. The smallest absolute Gasteiger partial charge is 0.406 e. The summed E-state index contributed by atoms with van der Waals surface area (Å²) in [5.74, 6) is -0.231. The van der Waals surface area contributed by atoms with Gasteiger partial charge in [-0.1, -0.05) is 12.1 Å². The minimum absolute atomic E-state index is 0.231. The third-order valence-corrected chi connectivity index (χ3v) is 3.53. The molecule has 1 unspecified atom stereocenters. The van der Waals surface area contributed by atoms with Crippen LogP contribution in [0.2, 0.25) is 0 Å². The van der Waals surface area contributed by atoms with E-state index in [2.05, 4.69) is 15.0 Å². The van der Waals surface area contributed by atoms with Gasteiger partial charge >= 0.3 is 6.36 Å². The molecule has 4 nitrogen and oxygen atoms in total. The number of ether oxygens (including phenoxy) is 1. The Hall–Kier alpha value is -1.31. The van der Waals surface area contributed by atoms with Gasteiger partial charge in [-0.05, 0) is 43.6 Å². The first-order chi connectivity index (χ1) is 10.4. The third-order valence-electron chi connectivity index (χ3n) is 3.53. The number of nitrogens with one attached hydrogen (secondary N) is 1. The molecule has 124 valence electrons. The number of β-amino-alcohol motifs (C(OH)–C–C–N with tert-alkyl or cyclic N) is 1. The van der Waals surface area contributed by atoms with E-state index in [0.29, 0.717) is 19.6 Å². The standard InChI is InChI=1S/C15H21F3N2O2/c16-15(17,18)22-14-5-3-12(4-6-14)9-19-10-13(21)11-20-7-1-2-8-20/h3-6,13,19,21H,1-2,7-11H2. The van der Waals surface area contributed by atoms with Crippen molar-refractivity contribution in [3.63, 3.8) is 0 Å². The van der Waals surface area contributed by atoms with Crippen LogP contribution in [0.5, 0.6) is 5.75 Å². The van der Waals surface area contributed by atoms with Gasteiger partial charge in [0, 0.05) is 19.6 Å². The highest BCUT2D eigenvalue weighted by atomic mass is 19.4. The van der Waals surface area contributed by atoms with Gasteiger partial charge in [0.2, 0.25) is 0 Å². The normalized spacial score (nSPS) is 17.6. The summed E-state index contributed by atoms with van der Waals surface area (Å²) >= 11 is 0. The van der Waals surface area contributed by atoms with Crippen LogP contribution in [-0.2, 0) is 6.54 Å². The molecule has 2 rings (SSSR count). The zero-order valence-electron chi connectivity index (χ0n) is 12.3. The average Bonchev–Trinajstić information content (AvgIpc) is 2.92. The Labute approximate surface area is 127 Å². The molecule has 1 saturated heterocycles. The highest BCUT2D eigenvalue weighted by molar-refractivity contribution is 5.27. The summed E-state index contributed by atoms with van der Waals surface area (Å²) in [6.45, 7) is 3.68. The maximum Gasteiger partial charge on any atom is 0.573 e. The number of hydrogen-bond donors (Lipinski definition) is 2. The van der Waals surface area contributed by atoms with Crippen molar-refractivity contribution in [2.75, 3.05) is 26.2 Å². The van der Waals surface area contributed by atoms with Crippen LogP contribution in [0.25, 0.3) is 0 Å². The summed E-state index contributed by atoms with van der Waals surface area (Å²) in [5.41, 5.74) is 0.836. The Morgan fingerprint density at radius 2 is 1.82 bits per heavy atom. The monoisotopic (exact) mass is 318 g/mol. The van der Waals surface area contributed by atoms with Crippen LogP contribution in [0.4, 0.5) is 13.2 Å². The summed E-state index contributed by atoms with van der Waals surface area (Å²) in [5, 5.41) is 13.0. The molecule has 0 saturated carbocycles. The van der Waals surface area contributed by atoms with Gasteiger partial charge in [-0.25, -0.2) is 0 Å². The van der Waals surface area contributed by atoms with E-state index in [0.717, 1.165) is 18.7 Å². The Kier molecular flexibility index (Phi) is 6.05. The molecule has 0 bridgehead atoms. The highest BCUT2D eigenvalue weighted by Crippen LogP contribution is 2.22. The molecule has 0 aromatic heterocycles. The Morgan fingerprint density at radius 3 is 2.41 bits per heavy atom. The van der Waals surface area contributed by atoms with Crippen LogP contribution < -0.4 is 10.1 Å². The Balaban J connectivity index is 1.68. The molecule has 1 aliphatic rings. The zero-order valence-corrected chi connectivity index (χ0v) is 12.3. The van der Waals surface area contributed by atoms with E-state index in [1.54, 1.807) is 12.1 Å². The third kappa shape index (κ3) is 6.21. The largest absolute Gasteiger partial charge is 0.573 e. The summed E-state index contributed by atoms with van der Waals surface area (Å²) < 4.78 is 39.9. The molecule has 2 N–H and O–H groups in total. The number of halogens is 3. The molecule has 22 heavy (non-hydrogen) atoms. The fourth-order valence-electron chi connectivity index (χ4n) is 2.52. The van der Waals surface area contributed by atoms with Gasteiger partial charge in [-0.2, -0.15) is 0 Å². The van der Waals surface area contributed by atoms with Crippen molar-refractivity contribution in [1.29, 1.82) is 0 Å². The maximum atomic E-state index is 12.0. The fraction of sp³-hybridized carbons (Fsp3) is 0.600. The Bertz CT molecular complexity index is 445. The SMILES string of the molecule is OC(CNCc1ccc(OC(F)(F)F)cc1)CN1CCCC1. The van der Waals surface area contributed by atoms with Gasteiger partial charge in [-0.3, -0.25) is 0 Å². The van der Waals surface area contributed by atoms with Gasteiger partial charge in [0.05, 0.1) is 6.10 Å². The molecular weight excluding hydrogens is 297 g/mol. The number of aliphatic hydroxyl groups is 1. The van der Waals surface area contributed by atoms with Crippen molar-refractivity contribution in [2.24, 2.45) is 0 Å². The lowest BCUT2D eigenvalue weighted by Crippen LogP contribution is -2.36. The second-order valence-electron chi connectivity index (χ2n) is 5.48. The van der Waals surface area contributed by atoms with Crippen molar-refractivity contribution in [3.05, 3.63) is 29.8 Å². The van der Waals surface area contributed by atoms with Crippen molar-refractivity contribution in [2.45, 2.75) is 31.9 Å². The number of aliphatic hydroxyl groups excluding tert-OH is 1. The predicted molar refractivity (Wildman–Crippen MR) is 76.5 cm³/mol. The topological polar surface area (TPSA) is 44.7 Å². The highest BCUT2D eigenvalue weighted by Gasteiger charge is 2.30. The van der Waals surface area contributed by atoms with Crippen molar-refractivity contribution < 1.29 is 23.0 Å². The van der Waals surface area contributed by atoms with Gasteiger partial charge in [0.1, 0.15) is 5.75 Å². The van der Waals surface area contributed by atoms with Crippen LogP contribution in [0.1, 0.15) is 18.4 Å². The molecule has 1 aliphatic heterocycles. The van der Waals surface area contributed by atoms with Gasteiger partial charge in [0.25, 0.3) is 0 Å². The second kappa shape index (κ2) is 7.80. The number of likely N-dealkylation sites (tertiary alicyclic amines) is 1. The van der Waals surface area contributed by atoms with E-state index in [-0.39, 0.29) is 5.75 Å². The summed E-state index contributed by atoms with van der Waals surface area (Å²) in [6, 6.07) is 5.71. The van der Waals surface area contributed by atoms with E-state index in [4.69, 9.17) is 0 Å². The summed E-state index contributed by atoms with van der Waals surface area (Å²) in [6.07, 6.45) is -2.73. The minimum Gasteiger partial charge on any atom is -0.406 e. The molecule has 1 atom stereocenters. The molecule has 1 fully saturated rings. The number of benzene rings is 1. The maximum absolute atomic E-state index is 12.0. The quantitative estimate of drug-likeness (QED) is 0.808. The van der Waals surface area contributed by atoms with Crippen molar-refractivity contribution in [3.8, 4) is 5.75 Å². The minimum atomic E-state index is -4.67. The van der Waals surface area contributed by atoms with E-state index in [9.17, 15) is 18.3 Å². The average molecular weight is 318 g/mol. The number of rotatable bonds is 7. The molecule has 0 aliphatic carbocycles. The number of hydrogen-bond acceptors (Lipinski definition) is 4. The van der Waals surface area contributed by atoms with Crippen LogP contribution in [0.15, 0.2) is 24.3 Å². The molecular formula is C15H21F3N2O2.